The highest BCUT2D eigenvalue weighted by atomic mass is 35.5. The Hall–Kier alpha value is -3.37. The number of carbonyl (C=O) groups excluding carboxylic acids is 2. The van der Waals surface area contributed by atoms with E-state index in [1.165, 1.54) is 6.08 Å². The van der Waals surface area contributed by atoms with Gasteiger partial charge in [-0.25, -0.2) is 0 Å². The SMILES string of the molecule is O=C(NCCc1ccccc1)C(=Cc1ccccc1Cl)C(=O)NCCc1ccccc1. The minimum absolute atomic E-state index is 0.0363. The van der Waals surface area contributed by atoms with Crippen molar-refractivity contribution in [3.05, 3.63) is 112 Å². The molecule has 0 radical (unpaired) electrons. The van der Waals surface area contributed by atoms with E-state index in [0.717, 1.165) is 11.1 Å². The number of benzene rings is 3. The Kier molecular flexibility index (Phi) is 8.44. The van der Waals surface area contributed by atoms with Crippen LogP contribution in [0.3, 0.4) is 0 Å². The fourth-order valence-electron chi connectivity index (χ4n) is 3.10. The number of hydrogen-bond acceptors (Lipinski definition) is 2. The van der Waals surface area contributed by atoms with Gasteiger partial charge in [-0.3, -0.25) is 9.59 Å². The fourth-order valence-corrected chi connectivity index (χ4v) is 3.29. The quantitative estimate of drug-likeness (QED) is 0.298. The van der Waals surface area contributed by atoms with E-state index >= 15 is 0 Å². The molecule has 0 fully saturated rings. The van der Waals surface area contributed by atoms with Crippen LogP contribution in [0.15, 0.2) is 90.5 Å². The predicted octanol–water partition coefficient (Wildman–Crippen LogP) is 4.44. The Morgan fingerprint density at radius 3 is 1.61 bits per heavy atom. The van der Waals surface area contributed by atoms with Crippen molar-refractivity contribution < 1.29 is 9.59 Å². The first-order valence-electron chi connectivity index (χ1n) is 10.2. The van der Waals surface area contributed by atoms with Crippen molar-refractivity contribution in [2.24, 2.45) is 0 Å². The Morgan fingerprint density at radius 1 is 0.677 bits per heavy atom. The number of rotatable bonds is 9. The number of nitrogens with one attached hydrogen (secondary N) is 2. The molecule has 0 spiro atoms. The van der Waals surface area contributed by atoms with Crippen LogP contribution in [0.5, 0.6) is 0 Å². The molecule has 2 amide bonds. The van der Waals surface area contributed by atoms with Gasteiger partial charge in [0, 0.05) is 18.1 Å². The molecule has 0 aromatic heterocycles. The second-order valence-electron chi connectivity index (χ2n) is 7.06. The van der Waals surface area contributed by atoms with Crippen molar-refractivity contribution in [1.29, 1.82) is 0 Å². The van der Waals surface area contributed by atoms with Crippen molar-refractivity contribution in [3.8, 4) is 0 Å². The maximum Gasteiger partial charge on any atom is 0.256 e. The van der Waals surface area contributed by atoms with Gasteiger partial charge in [0.25, 0.3) is 11.8 Å². The molecule has 0 saturated heterocycles. The molecule has 31 heavy (non-hydrogen) atoms. The molecule has 0 aliphatic heterocycles. The van der Waals surface area contributed by atoms with Crippen molar-refractivity contribution in [2.45, 2.75) is 12.8 Å². The van der Waals surface area contributed by atoms with Crippen LogP contribution in [-0.4, -0.2) is 24.9 Å². The zero-order valence-corrected chi connectivity index (χ0v) is 17.9. The van der Waals surface area contributed by atoms with Crippen LogP contribution >= 0.6 is 11.6 Å². The van der Waals surface area contributed by atoms with Crippen LogP contribution in [0, 0.1) is 0 Å². The summed E-state index contributed by atoms with van der Waals surface area (Å²) in [5, 5.41) is 6.18. The van der Waals surface area contributed by atoms with E-state index in [1.807, 2.05) is 66.7 Å². The normalized spacial score (nSPS) is 10.2. The summed E-state index contributed by atoms with van der Waals surface area (Å²) < 4.78 is 0. The van der Waals surface area contributed by atoms with Crippen molar-refractivity contribution in [1.82, 2.24) is 10.6 Å². The molecule has 0 saturated carbocycles. The highest BCUT2D eigenvalue weighted by Crippen LogP contribution is 2.18. The summed E-state index contributed by atoms with van der Waals surface area (Å²) in [6.45, 7) is 0.861. The summed E-state index contributed by atoms with van der Waals surface area (Å²) in [7, 11) is 0. The molecule has 3 aromatic carbocycles. The summed E-state index contributed by atoms with van der Waals surface area (Å²) in [6.07, 6.45) is 2.90. The van der Waals surface area contributed by atoms with Gasteiger partial charge in [0.15, 0.2) is 0 Å². The van der Waals surface area contributed by atoms with Crippen molar-refractivity contribution in [3.63, 3.8) is 0 Å². The maximum atomic E-state index is 12.8. The molecule has 0 heterocycles. The summed E-state index contributed by atoms with van der Waals surface area (Å²) >= 11 is 6.24. The molecule has 0 aliphatic carbocycles. The largest absolute Gasteiger partial charge is 0.352 e. The van der Waals surface area contributed by atoms with Crippen LogP contribution in [0.1, 0.15) is 16.7 Å². The van der Waals surface area contributed by atoms with Gasteiger partial charge in [0.05, 0.1) is 0 Å². The first kappa shape index (κ1) is 22.3. The maximum absolute atomic E-state index is 12.8. The number of carbonyl (C=O) groups is 2. The van der Waals surface area contributed by atoms with E-state index in [0.29, 0.717) is 36.5 Å². The van der Waals surface area contributed by atoms with E-state index in [2.05, 4.69) is 10.6 Å². The van der Waals surface area contributed by atoms with E-state index < -0.39 is 11.8 Å². The lowest BCUT2D eigenvalue weighted by atomic mass is 10.1. The van der Waals surface area contributed by atoms with Crippen molar-refractivity contribution >= 4 is 29.5 Å². The lowest BCUT2D eigenvalue weighted by molar-refractivity contribution is -0.123. The molecule has 0 bridgehead atoms. The van der Waals surface area contributed by atoms with Crippen LogP contribution < -0.4 is 10.6 Å². The molecule has 3 rings (SSSR count). The summed E-state index contributed by atoms with van der Waals surface area (Å²) in [6, 6.07) is 26.9. The summed E-state index contributed by atoms with van der Waals surface area (Å²) in [5.41, 5.74) is 2.89. The lowest BCUT2D eigenvalue weighted by Gasteiger charge is -2.11. The Balaban J connectivity index is 1.67. The van der Waals surface area contributed by atoms with Crippen LogP contribution in [0.2, 0.25) is 5.02 Å². The van der Waals surface area contributed by atoms with Gasteiger partial charge in [-0.1, -0.05) is 90.5 Å². The van der Waals surface area contributed by atoms with Gasteiger partial charge in [-0.2, -0.15) is 0 Å². The Bertz CT molecular complexity index is 974. The van der Waals surface area contributed by atoms with Crippen LogP contribution in [0.25, 0.3) is 6.08 Å². The van der Waals surface area contributed by atoms with E-state index in [1.54, 1.807) is 18.2 Å². The fraction of sp³-hybridized carbons (Fsp3) is 0.154. The van der Waals surface area contributed by atoms with Gasteiger partial charge in [-0.15, -0.1) is 0 Å². The molecule has 158 valence electrons. The zero-order chi connectivity index (χ0) is 21.9. The molecule has 5 heteroatoms. The van der Waals surface area contributed by atoms with Gasteiger partial charge < -0.3 is 10.6 Å². The monoisotopic (exact) mass is 432 g/mol. The standard InChI is InChI=1S/C26H25ClN2O2/c27-24-14-8-7-13-22(24)19-23(25(30)28-17-15-20-9-3-1-4-10-20)26(31)29-18-16-21-11-5-2-6-12-21/h1-14,19H,15-18H2,(H,28,30)(H,29,31). The minimum atomic E-state index is -0.423. The highest BCUT2D eigenvalue weighted by Gasteiger charge is 2.18. The molecule has 3 aromatic rings. The third-order valence-corrected chi connectivity index (χ3v) is 5.12. The Labute approximate surface area is 188 Å². The third kappa shape index (κ3) is 7.12. The Morgan fingerprint density at radius 2 is 1.13 bits per heavy atom. The van der Waals surface area contributed by atoms with Crippen LogP contribution in [-0.2, 0) is 22.4 Å². The van der Waals surface area contributed by atoms with Gasteiger partial charge in [-0.05, 0) is 41.7 Å². The summed E-state index contributed by atoms with van der Waals surface area (Å²) in [4.78, 5) is 25.7. The van der Waals surface area contributed by atoms with Gasteiger partial charge in [0.1, 0.15) is 5.57 Å². The first-order valence-corrected chi connectivity index (χ1v) is 10.6. The number of amides is 2. The molecule has 0 atom stereocenters. The second kappa shape index (κ2) is 11.7. The predicted molar refractivity (Wildman–Crippen MR) is 126 cm³/mol. The highest BCUT2D eigenvalue weighted by molar-refractivity contribution is 6.32. The van der Waals surface area contributed by atoms with E-state index in [4.69, 9.17) is 11.6 Å². The minimum Gasteiger partial charge on any atom is -0.352 e. The third-order valence-electron chi connectivity index (χ3n) is 4.78. The molecular weight excluding hydrogens is 408 g/mol. The van der Waals surface area contributed by atoms with Crippen LogP contribution in [0.4, 0.5) is 0 Å². The lowest BCUT2D eigenvalue weighted by Crippen LogP contribution is -2.36. The summed E-state index contributed by atoms with van der Waals surface area (Å²) in [5.74, 6) is -0.846. The molecule has 0 aliphatic rings. The van der Waals surface area contributed by atoms with E-state index in [9.17, 15) is 9.59 Å². The molecule has 4 nitrogen and oxygen atoms in total. The topological polar surface area (TPSA) is 58.2 Å². The second-order valence-corrected chi connectivity index (χ2v) is 7.47. The molecule has 2 N–H and O–H groups in total. The average Bonchev–Trinajstić information content (AvgIpc) is 2.80. The van der Waals surface area contributed by atoms with Crippen molar-refractivity contribution in [2.75, 3.05) is 13.1 Å². The van der Waals surface area contributed by atoms with Gasteiger partial charge in [0.2, 0.25) is 0 Å². The average molecular weight is 433 g/mol. The zero-order valence-electron chi connectivity index (χ0n) is 17.2. The van der Waals surface area contributed by atoms with E-state index in [-0.39, 0.29) is 5.57 Å². The molecule has 0 unspecified atom stereocenters. The first-order chi connectivity index (χ1) is 15.1. The molecular formula is C26H25ClN2O2. The van der Waals surface area contributed by atoms with Gasteiger partial charge >= 0.3 is 0 Å². The number of halogens is 1. The number of hydrogen-bond donors (Lipinski definition) is 2. The smallest absolute Gasteiger partial charge is 0.256 e.